The first-order valence-corrected chi connectivity index (χ1v) is 7.01. The molecule has 1 N–H and O–H groups in total. The summed E-state index contributed by atoms with van der Waals surface area (Å²) in [7, 11) is 0. The summed E-state index contributed by atoms with van der Waals surface area (Å²) in [6.07, 6.45) is -0.0759. The van der Waals surface area contributed by atoms with Crippen LogP contribution in [0.3, 0.4) is 0 Å². The summed E-state index contributed by atoms with van der Waals surface area (Å²) in [5.74, 6) is -0.239. The highest BCUT2D eigenvalue weighted by Crippen LogP contribution is 2.18. The molecule has 1 aromatic rings. The number of carbonyl (C=O) groups excluding carboxylic acids is 1. The Balaban J connectivity index is 1.83. The fourth-order valence-electron chi connectivity index (χ4n) is 2.09. The summed E-state index contributed by atoms with van der Waals surface area (Å²) >= 11 is 0. The van der Waals surface area contributed by atoms with Crippen molar-refractivity contribution in [3.8, 4) is 0 Å². The Bertz CT molecular complexity index is 425. The molecule has 5 heteroatoms. The Morgan fingerprint density at radius 3 is 2.55 bits per heavy atom. The third-order valence-corrected chi connectivity index (χ3v) is 3.05. The molecule has 1 fully saturated rings. The molecule has 110 valence electrons. The zero-order valence-corrected chi connectivity index (χ0v) is 12.1. The molecule has 1 heterocycles. The van der Waals surface area contributed by atoms with Crippen molar-refractivity contribution in [3.63, 3.8) is 0 Å². The highest BCUT2D eigenvalue weighted by Gasteiger charge is 2.11. The molecule has 0 saturated carbocycles. The average molecular weight is 278 g/mol. The lowest BCUT2D eigenvalue weighted by molar-refractivity contribution is -0.145. The smallest absolute Gasteiger partial charge is 0.325 e. The summed E-state index contributed by atoms with van der Waals surface area (Å²) in [5.41, 5.74) is 2.10. The fraction of sp³-hybridized carbons (Fsp3) is 0.533. The first kappa shape index (κ1) is 14.7. The molecule has 1 aliphatic heterocycles. The van der Waals surface area contributed by atoms with Gasteiger partial charge in [-0.05, 0) is 38.1 Å². The van der Waals surface area contributed by atoms with Crippen LogP contribution in [0.25, 0.3) is 0 Å². The monoisotopic (exact) mass is 278 g/mol. The average Bonchev–Trinajstić information content (AvgIpc) is 2.46. The van der Waals surface area contributed by atoms with Crippen molar-refractivity contribution in [2.24, 2.45) is 0 Å². The van der Waals surface area contributed by atoms with Crippen molar-refractivity contribution in [1.29, 1.82) is 0 Å². The molecule has 5 nitrogen and oxygen atoms in total. The number of nitrogens with one attached hydrogen (secondary N) is 1. The molecule has 0 radical (unpaired) electrons. The molecule has 1 aliphatic rings. The van der Waals surface area contributed by atoms with E-state index in [9.17, 15) is 4.79 Å². The van der Waals surface area contributed by atoms with Gasteiger partial charge in [0, 0.05) is 24.5 Å². The van der Waals surface area contributed by atoms with Crippen LogP contribution in [0.2, 0.25) is 0 Å². The van der Waals surface area contributed by atoms with Crippen LogP contribution >= 0.6 is 0 Å². The van der Waals surface area contributed by atoms with E-state index in [-0.39, 0.29) is 18.6 Å². The molecule has 1 saturated heterocycles. The number of esters is 1. The Morgan fingerprint density at radius 2 is 1.95 bits per heavy atom. The molecule has 0 amide bonds. The van der Waals surface area contributed by atoms with Gasteiger partial charge < -0.3 is 19.7 Å². The molecule has 0 unspecified atom stereocenters. The lowest BCUT2D eigenvalue weighted by Crippen LogP contribution is -2.36. The van der Waals surface area contributed by atoms with E-state index in [1.165, 1.54) is 5.69 Å². The van der Waals surface area contributed by atoms with Crippen LogP contribution in [-0.2, 0) is 14.3 Å². The molecular formula is C15H22N2O3. The number of hydrogen-bond acceptors (Lipinski definition) is 5. The fourth-order valence-corrected chi connectivity index (χ4v) is 2.09. The third kappa shape index (κ3) is 4.42. The molecule has 2 rings (SSSR count). The van der Waals surface area contributed by atoms with Crippen LogP contribution in [0.5, 0.6) is 0 Å². The Morgan fingerprint density at radius 1 is 1.30 bits per heavy atom. The molecule has 1 aromatic carbocycles. The number of anilines is 2. The zero-order chi connectivity index (χ0) is 14.4. The van der Waals surface area contributed by atoms with Crippen LogP contribution in [0, 0.1) is 0 Å². The number of morpholine rings is 1. The van der Waals surface area contributed by atoms with E-state index in [0.717, 1.165) is 32.0 Å². The molecule has 0 aliphatic carbocycles. The molecule has 0 atom stereocenters. The first-order chi connectivity index (χ1) is 9.65. The number of rotatable bonds is 5. The second-order valence-electron chi connectivity index (χ2n) is 5.04. The van der Waals surface area contributed by atoms with Crippen LogP contribution in [-0.4, -0.2) is 44.9 Å². The van der Waals surface area contributed by atoms with Crippen molar-refractivity contribution in [2.45, 2.75) is 20.0 Å². The SMILES string of the molecule is CC(C)OC(=O)CNc1ccc(N2CCOCC2)cc1. The van der Waals surface area contributed by atoms with E-state index in [4.69, 9.17) is 9.47 Å². The largest absolute Gasteiger partial charge is 0.462 e. The molecule has 0 aromatic heterocycles. The van der Waals surface area contributed by atoms with Crippen molar-refractivity contribution in [2.75, 3.05) is 43.1 Å². The second-order valence-corrected chi connectivity index (χ2v) is 5.04. The van der Waals surface area contributed by atoms with E-state index in [2.05, 4.69) is 22.3 Å². The van der Waals surface area contributed by atoms with E-state index < -0.39 is 0 Å². The molecular weight excluding hydrogens is 256 g/mol. The zero-order valence-electron chi connectivity index (χ0n) is 12.1. The summed E-state index contributed by atoms with van der Waals surface area (Å²) in [5, 5.41) is 3.06. The normalized spacial score (nSPS) is 15.2. The minimum Gasteiger partial charge on any atom is -0.462 e. The van der Waals surface area contributed by atoms with Gasteiger partial charge in [-0.15, -0.1) is 0 Å². The van der Waals surface area contributed by atoms with E-state index in [1.54, 1.807) is 0 Å². The quantitative estimate of drug-likeness (QED) is 0.834. The Labute approximate surface area is 119 Å². The van der Waals surface area contributed by atoms with Crippen LogP contribution in [0.1, 0.15) is 13.8 Å². The van der Waals surface area contributed by atoms with E-state index >= 15 is 0 Å². The summed E-state index contributed by atoms with van der Waals surface area (Å²) in [4.78, 5) is 13.7. The maximum Gasteiger partial charge on any atom is 0.325 e. The van der Waals surface area contributed by atoms with Crippen LogP contribution in [0.15, 0.2) is 24.3 Å². The number of benzene rings is 1. The standard InChI is InChI=1S/C15H22N2O3/c1-12(2)20-15(18)11-16-13-3-5-14(6-4-13)17-7-9-19-10-8-17/h3-6,12,16H,7-11H2,1-2H3. The van der Waals surface area contributed by atoms with Gasteiger partial charge in [0.05, 0.1) is 19.3 Å². The van der Waals surface area contributed by atoms with Gasteiger partial charge in [-0.1, -0.05) is 0 Å². The van der Waals surface area contributed by atoms with Crippen molar-refractivity contribution in [3.05, 3.63) is 24.3 Å². The maximum atomic E-state index is 11.4. The molecule has 0 bridgehead atoms. The second kappa shape index (κ2) is 7.14. The minimum atomic E-state index is -0.239. The third-order valence-electron chi connectivity index (χ3n) is 3.05. The predicted molar refractivity (Wildman–Crippen MR) is 79.2 cm³/mol. The van der Waals surface area contributed by atoms with Gasteiger partial charge in [-0.3, -0.25) is 4.79 Å². The number of hydrogen-bond donors (Lipinski definition) is 1. The van der Waals surface area contributed by atoms with E-state index in [1.807, 2.05) is 26.0 Å². The topological polar surface area (TPSA) is 50.8 Å². The summed E-state index contributed by atoms with van der Waals surface area (Å²) < 4.78 is 10.4. The summed E-state index contributed by atoms with van der Waals surface area (Å²) in [6, 6.07) is 8.07. The lowest BCUT2D eigenvalue weighted by Gasteiger charge is -2.28. The van der Waals surface area contributed by atoms with Gasteiger partial charge in [-0.2, -0.15) is 0 Å². The van der Waals surface area contributed by atoms with Gasteiger partial charge in [0.15, 0.2) is 0 Å². The van der Waals surface area contributed by atoms with Gasteiger partial charge >= 0.3 is 5.97 Å². The molecule has 20 heavy (non-hydrogen) atoms. The Hall–Kier alpha value is -1.75. The van der Waals surface area contributed by atoms with Gasteiger partial charge in [0.2, 0.25) is 0 Å². The van der Waals surface area contributed by atoms with Crippen molar-refractivity contribution < 1.29 is 14.3 Å². The maximum absolute atomic E-state index is 11.4. The number of carbonyl (C=O) groups is 1. The van der Waals surface area contributed by atoms with Crippen molar-refractivity contribution in [1.82, 2.24) is 0 Å². The first-order valence-electron chi connectivity index (χ1n) is 7.01. The van der Waals surface area contributed by atoms with Gasteiger partial charge in [0.25, 0.3) is 0 Å². The van der Waals surface area contributed by atoms with Crippen LogP contribution < -0.4 is 10.2 Å². The van der Waals surface area contributed by atoms with E-state index in [0.29, 0.717) is 0 Å². The highest BCUT2D eigenvalue weighted by atomic mass is 16.5. The minimum absolute atomic E-state index is 0.0759. The Kier molecular flexibility index (Phi) is 5.24. The number of ether oxygens (including phenoxy) is 2. The lowest BCUT2D eigenvalue weighted by atomic mass is 10.2. The predicted octanol–water partition coefficient (Wildman–Crippen LogP) is 1.89. The summed E-state index contributed by atoms with van der Waals surface area (Å²) in [6.45, 7) is 7.28. The van der Waals surface area contributed by atoms with Gasteiger partial charge in [0.1, 0.15) is 6.54 Å². The highest BCUT2D eigenvalue weighted by molar-refractivity contribution is 5.75. The van der Waals surface area contributed by atoms with Crippen LogP contribution in [0.4, 0.5) is 11.4 Å². The van der Waals surface area contributed by atoms with Gasteiger partial charge in [-0.25, -0.2) is 0 Å². The number of nitrogens with zero attached hydrogens (tertiary/aromatic N) is 1. The van der Waals surface area contributed by atoms with Crippen molar-refractivity contribution >= 4 is 17.3 Å². The molecule has 0 spiro atoms.